The highest BCUT2D eigenvalue weighted by Gasteiger charge is 2.07. The van der Waals surface area contributed by atoms with Gasteiger partial charge in [0.25, 0.3) is 0 Å². The van der Waals surface area contributed by atoms with Gasteiger partial charge in [0.1, 0.15) is 5.82 Å². The first-order valence-corrected chi connectivity index (χ1v) is 12.1. The summed E-state index contributed by atoms with van der Waals surface area (Å²) in [5.41, 5.74) is 5.90. The monoisotopic (exact) mass is 444 g/mol. The lowest BCUT2D eigenvalue weighted by molar-refractivity contribution is 0.609. The Kier molecular flexibility index (Phi) is 7.80. The Balaban J connectivity index is 1.46. The summed E-state index contributed by atoms with van der Waals surface area (Å²) in [7, 11) is 0. The van der Waals surface area contributed by atoms with Crippen LogP contribution in [0.5, 0.6) is 0 Å². The van der Waals surface area contributed by atoms with Crippen molar-refractivity contribution in [2.75, 3.05) is 0 Å². The van der Waals surface area contributed by atoms with Crippen LogP contribution in [0.4, 0.5) is 4.39 Å². The van der Waals surface area contributed by atoms with E-state index in [1.165, 1.54) is 5.56 Å². The summed E-state index contributed by atoms with van der Waals surface area (Å²) >= 11 is 0. The number of unbranched alkanes of at least 4 members (excludes halogenated alkanes) is 2. The minimum Gasteiger partial charge on any atom is -0.206 e. The molecule has 4 aromatic carbocycles. The molecular formula is C33H29F. The zero-order valence-electron chi connectivity index (χ0n) is 19.9. The van der Waals surface area contributed by atoms with Gasteiger partial charge in [-0.05, 0) is 84.3 Å². The Morgan fingerprint density at radius 1 is 0.618 bits per heavy atom. The maximum absolute atomic E-state index is 14.9. The molecule has 0 nitrogen and oxygen atoms in total. The van der Waals surface area contributed by atoms with Crippen molar-refractivity contribution in [1.82, 2.24) is 0 Å². The Hall–Kier alpha value is -3.81. The molecular weight excluding hydrogens is 415 g/mol. The number of halogens is 1. The molecule has 34 heavy (non-hydrogen) atoms. The van der Waals surface area contributed by atoms with Crippen LogP contribution >= 0.6 is 0 Å². The number of aryl methyl sites for hydroxylation is 2. The fraction of sp³-hybridized carbons (Fsp3) is 0.212. The van der Waals surface area contributed by atoms with E-state index in [4.69, 9.17) is 0 Å². The topological polar surface area (TPSA) is 0 Å². The molecule has 1 heteroatoms. The fourth-order valence-corrected chi connectivity index (χ4v) is 3.92. The third-order valence-corrected chi connectivity index (χ3v) is 6.03. The Bertz CT molecular complexity index is 1390. The number of rotatable bonds is 5. The minimum atomic E-state index is -0.0916. The number of hydrogen-bond acceptors (Lipinski definition) is 0. The van der Waals surface area contributed by atoms with Crippen molar-refractivity contribution < 1.29 is 4.39 Å². The highest BCUT2D eigenvalue weighted by molar-refractivity contribution is 5.85. The van der Waals surface area contributed by atoms with Gasteiger partial charge >= 0.3 is 0 Å². The number of hydrogen-bond donors (Lipinski definition) is 0. The summed E-state index contributed by atoms with van der Waals surface area (Å²) in [6, 6.07) is 26.0. The van der Waals surface area contributed by atoms with Crippen molar-refractivity contribution in [3.8, 4) is 23.7 Å². The standard InChI is InChI=1S/C33H29F/c1-3-5-6-7-30-21-22-31-24-29(20-23-32(31)33(30)34)19-18-28-16-14-27(15-17-28)13-12-26-10-8-25(4-2)9-11-26/h8-11,14-17,20-24H,3-7H2,1-2H3. The van der Waals surface area contributed by atoms with E-state index < -0.39 is 0 Å². The third kappa shape index (κ3) is 5.95. The average Bonchev–Trinajstić information content (AvgIpc) is 2.88. The minimum absolute atomic E-state index is 0.0916. The number of benzene rings is 4. The van der Waals surface area contributed by atoms with Gasteiger partial charge in [-0.25, -0.2) is 4.39 Å². The highest BCUT2D eigenvalue weighted by Crippen LogP contribution is 2.23. The summed E-state index contributed by atoms with van der Waals surface area (Å²) < 4.78 is 14.9. The lowest BCUT2D eigenvalue weighted by Gasteiger charge is -2.07. The van der Waals surface area contributed by atoms with Crippen LogP contribution in [0.2, 0.25) is 0 Å². The van der Waals surface area contributed by atoms with E-state index in [1.54, 1.807) is 0 Å². The third-order valence-electron chi connectivity index (χ3n) is 6.03. The van der Waals surface area contributed by atoms with Crippen LogP contribution in [-0.4, -0.2) is 0 Å². The molecule has 0 radical (unpaired) electrons. The van der Waals surface area contributed by atoms with Crippen LogP contribution in [0, 0.1) is 29.5 Å². The molecule has 0 heterocycles. The van der Waals surface area contributed by atoms with Crippen LogP contribution in [0.15, 0.2) is 78.9 Å². The van der Waals surface area contributed by atoms with E-state index in [1.807, 2.05) is 54.6 Å². The summed E-state index contributed by atoms with van der Waals surface area (Å²) in [4.78, 5) is 0. The first-order chi connectivity index (χ1) is 16.7. The Morgan fingerprint density at radius 2 is 1.18 bits per heavy atom. The molecule has 0 saturated heterocycles. The predicted molar refractivity (Wildman–Crippen MR) is 141 cm³/mol. The predicted octanol–water partition coefficient (Wildman–Crippen LogP) is 8.07. The lowest BCUT2D eigenvalue weighted by atomic mass is 10.00. The molecule has 0 aliphatic rings. The molecule has 168 valence electrons. The van der Waals surface area contributed by atoms with Crippen LogP contribution in [0.3, 0.4) is 0 Å². The molecule has 0 aliphatic carbocycles. The summed E-state index contributed by atoms with van der Waals surface area (Å²) in [6.07, 6.45) is 5.13. The first-order valence-electron chi connectivity index (χ1n) is 12.1. The SMILES string of the molecule is CCCCCc1ccc2cc(C#Cc3ccc(C#Cc4ccc(CC)cc4)cc3)ccc2c1F. The molecule has 0 bridgehead atoms. The molecule has 4 aromatic rings. The summed E-state index contributed by atoms with van der Waals surface area (Å²) in [5, 5.41) is 1.56. The largest absolute Gasteiger partial charge is 0.206 e. The molecule has 0 atom stereocenters. The van der Waals surface area contributed by atoms with Gasteiger partial charge in [-0.1, -0.05) is 80.7 Å². The average molecular weight is 445 g/mol. The van der Waals surface area contributed by atoms with Crippen molar-refractivity contribution in [3.63, 3.8) is 0 Å². The van der Waals surface area contributed by atoms with Crippen molar-refractivity contribution in [1.29, 1.82) is 0 Å². The molecule has 4 rings (SSSR count). The fourth-order valence-electron chi connectivity index (χ4n) is 3.92. The number of fused-ring (bicyclic) bond motifs is 1. The van der Waals surface area contributed by atoms with Gasteiger partial charge in [-0.3, -0.25) is 0 Å². The maximum Gasteiger partial charge on any atom is 0.134 e. The normalized spacial score (nSPS) is 10.3. The van der Waals surface area contributed by atoms with E-state index in [2.05, 4.69) is 61.8 Å². The van der Waals surface area contributed by atoms with Gasteiger partial charge in [0.15, 0.2) is 0 Å². The van der Waals surface area contributed by atoms with Crippen molar-refractivity contribution in [2.45, 2.75) is 46.0 Å². The molecule has 0 unspecified atom stereocenters. The first kappa shape index (κ1) is 23.4. The van der Waals surface area contributed by atoms with E-state index in [9.17, 15) is 4.39 Å². The van der Waals surface area contributed by atoms with Gasteiger partial charge in [0.2, 0.25) is 0 Å². The quantitative estimate of drug-likeness (QED) is 0.216. The van der Waals surface area contributed by atoms with Gasteiger partial charge in [-0.15, -0.1) is 0 Å². The summed E-state index contributed by atoms with van der Waals surface area (Å²) in [5.74, 6) is 12.7. The van der Waals surface area contributed by atoms with Crippen LogP contribution in [-0.2, 0) is 12.8 Å². The lowest BCUT2D eigenvalue weighted by Crippen LogP contribution is -1.93. The van der Waals surface area contributed by atoms with Crippen molar-refractivity contribution in [2.24, 2.45) is 0 Å². The van der Waals surface area contributed by atoms with E-state index in [-0.39, 0.29) is 5.82 Å². The second kappa shape index (κ2) is 11.4. The van der Waals surface area contributed by atoms with E-state index in [0.717, 1.165) is 65.3 Å². The van der Waals surface area contributed by atoms with Crippen LogP contribution in [0.1, 0.15) is 66.5 Å². The smallest absolute Gasteiger partial charge is 0.134 e. The van der Waals surface area contributed by atoms with Gasteiger partial charge in [-0.2, -0.15) is 0 Å². The van der Waals surface area contributed by atoms with Crippen molar-refractivity contribution in [3.05, 3.63) is 118 Å². The molecule has 0 spiro atoms. The van der Waals surface area contributed by atoms with E-state index >= 15 is 0 Å². The highest BCUT2D eigenvalue weighted by atomic mass is 19.1. The van der Waals surface area contributed by atoms with Gasteiger partial charge < -0.3 is 0 Å². The van der Waals surface area contributed by atoms with Crippen LogP contribution < -0.4 is 0 Å². The second-order valence-corrected chi connectivity index (χ2v) is 8.56. The molecule has 0 fully saturated rings. The van der Waals surface area contributed by atoms with Crippen molar-refractivity contribution >= 4 is 10.8 Å². The maximum atomic E-state index is 14.9. The van der Waals surface area contributed by atoms with E-state index in [0.29, 0.717) is 5.39 Å². The Morgan fingerprint density at radius 3 is 1.76 bits per heavy atom. The Labute approximate surface area is 202 Å². The summed E-state index contributed by atoms with van der Waals surface area (Å²) in [6.45, 7) is 4.31. The zero-order valence-corrected chi connectivity index (χ0v) is 19.9. The molecule has 0 aliphatic heterocycles. The molecule has 0 saturated carbocycles. The van der Waals surface area contributed by atoms with Crippen LogP contribution in [0.25, 0.3) is 10.8 Å². The molecule has 0 N–H and O–H groups in total. The van der Waals surface area contributed by atoms with Gasteiger partial charge in [0, 0.05) is 27.6 Å². The van der Waals surface area contributed by atoms with Gasteiger partial charge in [0.05, 0.1) is 0 Å². The zero-order chi connectivity index (χ0) is 23.8. The second-order valence-electron chi connectivity index (χ2n) is 8.56. The molecule has 0 aromatic heterocycles. The molecule has 0 amide bonds.